The lowest BCUT2D eigenvalue weighted by Crippen LogP contribution is -2.13. The summed E-state index contributed by atoms with van der Waals surface area (Å²) in [4.78, 5) is 0. The van der Waals surface area contributed by atoms with E-state index in [0.717, 1.165) is 12.8 Å². The summed E-state index contributed by atoms with van der Waals surface area (Å²) < 4.78 is 0. The van der Waals surface area contributed by atoms with Gasteiger partial charge in [0.2, 0.25) is 0 Å². The normalized spacial score (nSPS) is 11.0. The molecule has 0 unspecified atom stereocenters. The molecule has 74 valence electrons. The van der Waals surface area contributed by atoms with E-state index < -0.39 is 0 Å². The molecule has 0 aliphatic rings. The molecule has 0 bridgehead atoms. The smallest absolute Gasteiger partial charge is 0.0127 e. The Morgan fingerprint density at radius 3 is 2.43 bits per heavy atom. The molecule has 14 heavy (non-hydrogen) atoms. The molecule has 0 N–H and O–H groups in total. The summed E-state index contributed by atoms with van der Waals surface area (Å²) in [5.41, 5.74) is 3.01. The molecule has 1 aromatic carbocycles. The summed E-state index contributed by atoms with van der Waals surface area (Å²) in [7, 11) is 0. The molecule has 0 heterocycles. The van der Waals surface area contributed by atoms with Crippen molar-refractivity contribution in [3.63, 3.8) is 0 Å². The average Bonchev–Trinajstić information content (AvgIpc) is 2.14. The van der Waals surface area contributed by atoms with Gasteiger partial charge in [0.1, 0.15) is 0 Å². The minimum atomic E-state index is 0.213. The van der Waals surface area contributed by atoms with Crippen molar-refractivity contribution < 1.29 is 0 Å². The lowest BCUT2D eigenvalue weighted by atomic mass is 9.83. The van der Waals surface area contributed by atoms with Crippen LogP contribution >= 0.6 is 0 Å². The molecular weight excluding hydrogens is 168 g/mol. The van der Waals surface area contributed by atoms with Gasteiger partial charge >= 0.3 is 0 Å². The SMILES string of the molecule is C#CCCc1ccccc1C(C)(C)C. The molecule has 0 radical (unpaired) electrons. The minimum Gasteiger partial charge on any atom is -0.120 e. The van der Waals surface area contributed by atoms with Crippen LogP contribution in [0, 0.1) is 12.3 Å². The Bertz CT molecular complexity index is 334. The fourth-order valence-electron chi connectivity index (χ4n) is 1.68. The van der Waals surface area contributed by atoms with Crippen molar-refractivity contribution in [2.45, 2.75) is 39.0 Å². The van der Waals surface area contributed by atoms with Crippen LogP contribution in [-0.2, 0) is 11.8 Å². The van der Waals surface area contributed by atoms with E-state index in [1.165, 1.54) is 11.1 Å². The molecule has 0 saturated carbocycles. The highest BCUT2D eigenvalue weighted by molar-refractivity contribution is 5.33. The van der Waals surface area contributed by atoms with Gasteiger partial charge in [-0.15, -0.1) is 12.3 Å². The standard InChI is InChI=1S/C14H18/c1-5-6-9-12-10-7-8-11-13(12)14(2,3)4/h1,7-8,10-11H,6,9H2,2-4H3. The van der Waals surface area contributed by atoms with E-state index in [1.54, 1.807) is 0 Å². The zero-order valence-corrected chi connectivity index (χ0v) is 9.30. The zero-order valence-electron chi connectivity index (χ0n) is 9.30. The van der Waals surface area contributed by atoms with Gasteiger partial charge in [-0.05, 0) is 23.0 Å². The monoisotopic (exact) mass is 186 g/mol. The van der Waals surface area contributed by atoms with Gasteiger partial charge in [0, 0.05) is 6.42 Å². The van der Waals surface area contributed by atoms with Crippen LogP contribution in [0.2, 0.25) is 0 Å². The van der Waals surface area contributed by atoms with Gasteiger partial charge in [0.05, 0.1) is 0 Å². The minimum absolute atomic E-state index is 0.213. The topological polar surface area (TPSA) is 0 Å². The van der Waals surface area contributed by atoms with Crippen molar-refractivity contribution in [3.8, 4) is 12.3 Å². The highest BCUT2D eigenvalue weighted by Gasteiger charge is 2.16. The first kappa shape index (κ1) is 10.9. The second-order valence-corrected chi connectivity index (χ2v) is 4.61. The summed E-state index contributed by atoms with van der Waals surface area (Å²) in [5.74, 6) is 2.69. The van der Waals surface area contributed by atoms with E-state index in [1.807, 2.05) is 0 Å². The zero-order chi connectivity index (χ0) is 10.6. The number of benzene rings is 1. The van der Waals surface area contributed by atoms with E-state index in [2.05, 4.69) is 51.0 Å². The number of rotatable bonds is 2. The summed E-state index contributed by atoms with van der Waals surface area (Å²) in [5, 5.41) is 0. The molecule has 0 saturated heterocycles. The molecular formula is C14H18. The predicted molar refractivity (Wildman–Crippen MR) is 62.3 cm³/mol. The molecule has 0 fully saturated rings. The fourth-order valence-corrected chi connectivity index (χ4v) is 1.68. The van der Waals surface area contributed by atoms with Crippen LogP contribution in [0.25, 0.3) is 0 Å². The van der Waals surface area contributed by atoms with Crippen molar-refractivity contribution in [3.05, 3.63) is 35.4 Å². The quantitative estimate of drug-likeness (QED) is 0.620. The molecule has 0 aliphatic heterocycles. The van der Waals surface area contributed by atoms with E-state index >= 15 is 0 Å². The van der Waals surface area contributed by atoms with Crippen LogP contribution in [0.1, 0.15) is 38.3 Å². The van der Waals surface area contributed by atoms with Crippen LogP contribution < -0.4 is 0 Å². The van der Waals surface area contributed by atoms with Crippen LogP contribution in [0.5, 0.6) is 0 Å². The summed E-state index contributed by atoms with van der Waals surface area (Å²) in [6.07, 6.45) is 7.10. The largest absolute Gasteiger partial charge is 0.120 e. The third-order valence-corrected chi connectivity index (χ3v) is 2.36. The molecule has 0 spiro atoms. The van der Waals surface area contributed by atoms with E-state index in [9.17, 15) is 0 Å². The van der Waals surface area contributed by atoms with Crippen LogP contribution in [0.4, 0.5) is 0 Å². The summed E-state index contributed by atoms with van der Waals surface area (Å²) >= 11 is 0. The van der Waals surface area contributed by atoms with Gasteiger partial charge in [0.25, 0.3) is 0 Å². The maximum absolute atomic E-state index is 5.29. The summed E-state index contributed by atoms with van der Waals surface area (Å²) in [6.45, 7) is 6.71. The number of hydrogen-bond donors (Lipinski definition) is 0. The van der Waals surface area contributed by atoms with Gasteiger partial charge in [-0.3, -0.25) is 0 Å². The Morgan fingerprint density at radius 1 is 1.21 bits per heavy atom. The Labute approximate surface area is 87.4 Å². The van der Waals surface area contributed by atoms with Crippen molar-refractivity contribution in [1.29, 1.82) is 0 Å². The molecule has 0 atom stereocenters. The fraction of sp³-hybridized carbons (Fsp3) is 0.429. The third-order valence-electron chi connectivity index (χ3n) is 2.36. The van der Waals surface area contributed by atoms with Gasteiger partial charge in [-0.2, -0.15) is 0 Å². The van der Waals surface area contributed by atoms with Crippen LogP contribution in [0.15, 0.2) is 24.3 Å². The molecule has 0 nitrogen and oxygen atoms in total. The van der Waals surface area contributed by atoms with Gasteiger partial charge in [-0.25, -0.2) is 0 Å². The molecule has 0 heteroatoms. The van der Waals surface area contributed by atoms with Crippen LogP contribution in [0.3, 0.4) is 0 Å². The lowest BCUT2D eigenvalue weighted by Gasteiger charge is -2.22. The lowest BCUT2D eigenvalue weighted by molar-refractivity contribution is 0.582. The number of hydrogen-bond acceptors (Lipinski definition) is 0. The summed E-state index contributed by atoms with van der Waals surface area (Å²) in [6, 6.07) is 8.56. The Morgan fingerprint density at radius 2 is 1.86 bits per heavy atom. The number of aryl methyl sites for hydroxylation is 1. The van der Waals surface area contributed by atoms with Crippen molar-refractivity contribution in [1.82, 2.24) is 0 Å². The highest BCUT2D eigenvalue weighted by Crippen LogP contribution is 2.26. The first-order valence-electron chi connectivity index (χ1n) is 5.07. The maximum atomic E-state index is 5.29. The molecule has 0 amide bonds. The predicted octanol–water partition coefficient (Wildman–Crippen LogP) is 3.55. The Balaban J connectivity index is 2.99. The van der Waals surface area contributed by atoms with Gasteiger partial charge in [-0.1, -0.05) is 45.0 Å². The number of terminal acetylenes is 1. The molecule has 0 aromatic heterocycles. The van der Waals surface area contributed by atoms with Crippen LogP contribution in [-0.4, -0.2) is 0 Å². The molecule has 1 aromatic rings. The Hall–Kier alpha value is -1.22. The molecule has 1 rings (SSSR count). The van der Waals surface area contributed by atoms with Crippen molar-refractivity contribution >= 4 is 0 Å². The van der Waals surface area contributed by atoms with E-state index in [0.29, 0.717) is 0 Å². The van der Waals surface area contributed by atoms with Gasteiger partial charge < -0.3 is 0 Å². The van der Waals surface area contributed by atoms with Crippen molar-refractivity contribution in [2.24, 2.45) is 0 Å². The van der Waals surface area contributed by atoms with Gasteiger partial charge in [0.15, 0.2) is 0 Å². The third kappa shape index (κ3) is 2.64. The second-order valence-electron chi connectivity index (χ2n) is 4.61. The first-order chi connectivity index (χ1) is 6.55. The van der Waals surface area contributed by atoms with E-state index in [-0.39, 0.29) is 5.41 Å². The second kappa shape index (κ2) is 4.33. The van der Waals surface area contributed by atoms with E-state index in [4.69, 9.17) is 6.42 Å². The molecule has 0 aliphatic carbocycles. The highest BCUT2D eigenvalue weighted by atomic mass is 14.2. The first-order valence-corrected chi connectivity index (χ1v) is 5.07. The average molecular weight is 186 g/mol. The Kier molecular flexibility index (Phi) is 3.36. The van der Waals surface area contributed by atoms with Crippen molar-refractivity contribution in [2.75, 3.05) is 0 Å². The maximum Gasteiger partial charge on any atom is 0.0127 e.